The first-order valence-electron chi connectivity index (χ1n) is 10.3. The molecule has 0 bridgehead atoms. The van der Waals surface area contributed by atoms with Gasteiger partial charge in [-0.3, -0.25) is 10.0 Å². The average molecular weight is 502 g/mol. The van der Waals surface area contributed by atoms with Gasteiger partial charge in [0, 0.05) is 19.0 Å². The van der Waals surface area contributed by atoms with Gasteiger partial charge in [0.25, 0.3) is 5.91 Å². The number of halogens is 3. The Bertz CT molecular complexity index is 1120. The van der Waals surface area contributed by atoms with Gasteiger partial charge in [0.05, 0.1) is 11.0 Å². The van der Waals surface area contributed by atoms with Crippen LogP contribution in [0.3, 0.4) is 0 Å². The van der Waals surface area contributed by atoms with Crippen molar-refractivity contribution in [2.75, 3.05) is 13.1 Å². The van der Waals surface area contributed by atoms with Gasteiger partial charge in [-0.25, -0.2) is 13.9 Å². The van der Waals surface area contributed by atoms with E-state index >= 15 is 0 Å². The van der Waals surface area contributed by atoms with Crippen LogP contribution in [0.15, 0.2) is 53.4 Å². The summed E-state index contributed by atoms with van der Waals surface area (Å²) < 4.78 is 79.2. The highest BCUT2D eigenvalue weighted by Gasteiger charge is 2.44. The molecule has 13 heteroatoms. The first-order valence-corrected chi connectivity index (χ1v) is 11.7. The van der Waals surface area contributed by atoms with Gasteiger partial charge in [0.1, 0.15) is 23.4 Å². The molecule has 0 radical (unpaired) electrons. The Morgan fingerprint density at radius 3 is 2.24 bits per heavy atom. The highest BCUT2D eigenvalue weighted by Crippen LogP contribution is 2.35. The van der Waals surface area contributed by atoms with Crippen LogP contribution in [0.2, 0.25) is 0 Å². The molecule has 0 saturated carbocycles. The second-order valence-corrected chi connectivity index (χ2v) is 9.82. The fraction of sp³-hybridized carbons (Fsp3) is 0.381. The number of hydroxylamine groups is 1. The lowest BCUT2D eigenvalue weighted by Gasteiger charge is -2.33. The van der Waals surface area contributed by atoms with Crippen LogP contribution in [-0.4, -0.2) is 55.5 Å². The maximum Gasteiger partial charge on any atom is 0.573 e. The second-order valence-electron chi connectivity index (χ2n) is 7.88. The third kappa shape index (κ3) is 5.43. The fourth-order valence-electron chi connectivity index (χ4n) is 4.06. The van der Waals surface area contributed by atoms with Crippen LogP contribution >= 0.6 is 0 Å². The molecule has 2 aromatic rings. The van der Waals surface area contributed by atoms with Crippen molar-refractivity contribution >= 4 is 15.9 Å². The molecule has 2 fully saturated rings. The number of nitrogens with one attached hydrogen (secondary N) is 1. The molecular weight excluding hydrogens is 481 g/mol. The van der Waals surface area contributed by atoms with Gasteiger partial charge >= 0.3 is 6.36 Å². The molecule has 3 atom stereocenters. The highest BCUT2D eigenvalue weighted by atomic mass is 32.2. The van der Waals surface area contributed by atoms with Gasteiger partial charge < -0.3 is 14.2 Å². The summed E-state index contributed by atoms with van der Waals surface area (Å²) in [5.74, 6) is -0.667. The van der Waals surface area contributed by atoms with Crippen molar-refractivity contribution in [1.29, 1.82) is 0 Å². The number of hydrogen-bond acceptors (Lipinski definition) is 7. The van der Waals surface area contributed by atoms with E-state index in [1.165, 1.54) is 40.7 Å². The number of carbonyl (C=O) groups excluding carboxylic acids is 1. The van der Waals surface area contributed by atoms with Gasteiger partial charge in [-0.15, -0.1) is 13.2 Å². The monoisotopic (exact) mass is 502 g/mol. The minimum absolute atomic E-state index is 0.0517. The fourth-order valence-corrected chi connectivity index (χ4v) is 5.57. The summed E-state index contributed by atoms with van der Waals surface area (Å²) in [4.78, 5) is 11.7. The zero-order valence-electron chi connectivity index (χ0n) is 17.6. The third-order valence-electron chi connectivity index (χ3n) is 5.64. The number of benzene rings is 2. The molecule has 2 aliphatic rings. The van der Waals surface area contributed by atoms with Gasteiger partial charge in [-0.1, -0.05) is 0 Å². The number of nitrogens with zero attached hydrogens (tertiary/aromatic N) is 1. The van der Waals surface area contributed by atoms with Gasteiger partial charge in [-0.2, -0.15) is 4.31 Å². The van der Waals surface area contributed by atoms with E-state index in [1.807, 2.05) is 0 Å². The number of carbonyl (C=O) groups is 1. The number of rotatable bonds is 6. The molecule has 2 N–H and O–H groups in total. The van der Waals surface area contributed by atoms with E-state index in [2.05, 4.69) is 4.74 Å². The number of sulfonamides is 1. The predicted octanol–water partition coefficient (Wildman–Crippen LogP) is 3.05. The maximum atomic E-state index is 13.1. The first kappa shape index (κ1) is 24.3. The highest BCUT2D eigenvalue weighted by molar-refractivity contribution is 7.89. The van der Waals surface area contributed by atoms with Crippen LogP contribution < -0.4 is 15.0 Å². The number of piperidine rings is 1. The van der Waals surface area contributed by atoms with Gasteiger partial charge in [-0.05, 0) is 61.4 Å². The van der Waals surface area contributed by atoms with E-state index < -0.39 is 28.4 Å². The van der Waals surface area contributed by atoms with Crippen molar-refractivity contribution in [3.8, 4) is 17.2 Å². The predicted molar refractivity (Wildman–Crippen MR) is 110 cm³/mol. The third-order valence-corrected chi connectivity index (χ3v) is 7.52. The Kier molecular flexibility index (Phi) is 6.71. The van der Waals surface area contributed by atoms with E-state index in [0.717, 1.165) is 12.1 Å². The minimum Gasteiger partial charge on any atom is -0.457 e. The molecule has 2 saturated heterocycles. The molecule has 0 aliphatic carbocycles. The van der Waals surface area contributed by atoms with Crippen LogP contribution in [0.4, 0.5) is 13.2 Å². The molecule has 2 heterocycles. The largest absolute Gasteiger partial charge is 0.573 e. The van der Waals surface area contributed by atoms with E-state index in [0.29, 0.717) is 18.6 Å². The summed E-state index contributed by atoms with van der Waals surface area (Å²) in [5.41, 5.74) is 1.56. The SMILES string of the molecule is O=C(NO)C1CC2CN(S(=O)(=O)c3ccc(Oc4ccc(OC(F)(F)F)cc4)cc3)CCC2O1. The summed E-state index contributed by atoms with van der Waals surface area (Å²) in [5, 5.41) is 8.78. The van der Waals surface area contributed by atoms with Crippen molar-refractivity contribution < 1.29 is 45.8 Å². The molecule has 2 aliphatic heterocycles. The first-order chi connectivity index (χ1) is 16.0. The molecule has 3 unspecified atom stereocenters. The molecule has 2 aromatic carbocycles. The van der Waals surface area contributed by atoms with Gasteiger partial charge in [0.15, 0.2) is 0 Å². The Balaban J connectivity index is 1.39. The lowest BCUT2D eigenvalue weighted by Crippen LogP contribution is -2.44. The summed E-state index contributed by atoms with van der Waals surface area (Å²) in [6.45, 7) is 0.411. The van der Waals surface area contributed by atoms with Crippen molar-refractivity contribution in [2.45, 2.75) is 36.3 Å². The number of amides is 1. The Labute approximate surface area is 193 Å². The number of alkyl halides is 3. The number of hydrogen-bond donors (Lipinski definition) is 2. The molecular formula is C21H21F3N2O7S. The molecule has 34 heavy (non-hydrogen) atoms. The van der Waals surface area contributed by atoms with Crippen LogP contribution in [0.5, 0.6) is 17.2 Å². The normalized spacial score (nSPS) is 23.2. The summed E-state index contributed by atoms with van der Waals surface area (Å²) in [6.07, 6.45) is -5.12. The molecule has 184 valence electrons. The zero-order valence-corrected chi connectivity index (χ0v) is 18.4. The lowest BCUT2D eigenvalue weighted by atomic mass is 9.94. The number of fused-ring (bicyclic) bond motifs is 1. The standard InChI is InChI=1S/C21H21F3N2O7S/c22-21(23,24)33-16-3-1-14(2-4-16)31-15-5-7-17(8-6-15)34(29,30)26-10-9-18-13(12-26)11-19(32-18)20(27)25-28/h1-8,13,18-19,28H,9-12H2,(H,25,27). The van der Waals surface area contributed by atoms with Crippen LogP contribution in [0.1, 0.15) is 12.8 Å². The molecule has 4 rings (SSSR count). The van der Waals surface area contributed by atoms with Crippen molar-refractivity contribution in [3.63, 3.8) is 0 Å². The van der Waals surface area contributed by atoms with Gasteiger partial charge in [0.2, 0.25) is 10.0 Å². The van der Waals surface area contributed by atoms with E-state index in [9.17, 15) is 26.4 Å². The molecule has 0 spiro atoms. The minimum atomic E-state index is -4.79. The zero-order chi connectivity index (χ0) is 24.5. The van der Waals surface area contributed by atoms with Crippen LogP contribution in [-0.2, 0) is 19.6 Å². The van der Waals surface area contributed by atoms with E-state index in [1.54, 1.807) is 5.48 Å². The van der Waals surface area contributed by atoms with Crippen LogP contribution in [0, 0.1) is 5.92 Å². The van der Waals surface area contributed by atoms with Crippen molar-refractivity contribution in [1.82, 2.24) is 9.79 Å². The molecule has 9 nitrogen and oxygen atoms in total. The quantitative estimate of drug-likeness (QED) is 0.461. The summed E-state index contributed by atoms with van der Waals surface area (Å²) >= 11 is 0. The average Bonchev–Trinajstić information content (AvgIpc) is 3.23. The van der Waals surface area contributed by atoms with Crippen LogP contribution in [0.25, 0.3) is 0 Å². The Hall–Kier alpha value is -2.87. The van der Waals surface area contributed by atoms with Crippen molar-refractivity contribution in [3.05, 3.63) is 48.5 Å². The second kappa shape index (κ2) is 9.41. The van der Waals surface area contributed by atoms with E-state index in [4.69, 9.17) is 14.7 Å². The smallest absolute Gasteiger partial charge is 0.457 e. The topological polar surface area (TPSA) is 114 Å². The molecule has 1 amide bonds. The molecule has 0 aromatic heterocycles. The lowest BCUT2D eigenvalue weighted by molar-refractivity contribution is -0.274. The Morgan fingerprint density at radius 2 is 1.65 bits per heavy atom. The summed E-state index contributed by atoms with van der Waals surface area (Å²) in [7, 11) is -3.81. The van der Waals surface area contributed by atoms with E-state index in [-0.39, 0.29) is 41.5 Å². The summed E-state index contributed by atoms with van der Waals surface area (Å²) in [6, 6.07) is 10.4. The Morgan fingerprint density at radius 1 is 1.06 bits per heavy atom. The maximum absolute atomic E-state index is 13.1. The van der Waals surface area contributed by atoms with Crippen molar-refractivity contribution in [2.24, 2.45) is 5.92 Å². The number of ether oxygens (including phenoxy) is 3.